The fraction of sp³-hybridized carbons (Fsp3) is 0.120. The molecule has 0 aromatic heterocycles. The zero-order valence-corrected chi connectivity index (χ0v) is 19.0. The molecule has 34 heavy (non-hydrogen) atoms. The topological polar surface area (TPSA) is 101 Å². The maximum absolute atomic E-state index is 13.7. The number of ether oxygens (including phenoxy) is 1. The van der Waals surface area contributed by atoms with Crippen molar-refractivity contribution in [3.05, 3.63) is 101 Å². The van der Waals surface area contributed by atoms with Crippen molar-refractivity contribution in [2.75, 3.05) is 13.6 Å². The van der Waals surface area contributed by atoms with Gasteiger partial charge in [-0.15, -0.1) is 0 Å². The average Bonchev–Trinajstić information content (AvgIpc) is 2.82. The van der Waals surface area contributed by atoms with Crippen LogP contribution in [0.2, 0.25) is 0 Å². The van der Waals surface area contributed by atoms with Gasteiger partial charge in [0.15, 0.2) is 5.78 Å². The van der Waals surface area contributed by atoms with E-state index in [1.165, 1.54) is 43.5 Å². The molecule has 0 unspecified atom stereocenters. The summed E-state index contributed by atoms with van der Waals surface area (Å²) in [5.41, 5.74) is 1.46. The number of rotatable bonds is 10. The van der Waals surface area contributed by atoms with E-state index in [2.05, 4.69) is 0 Å². The molecule has 0 saturated heterocycles. The van der Waals surface area contributed by atoms with Crippen LogP contribution in [0.25, 0.3) is 6.08 Å². The lowest BCUT2D eigenvalue weighted by molar-refractivity contribution is -0.137. The van der Waals surface area contributed by atoms with E-state index < -0.39 is 22.5 Å². The molecule has 9 heteroatoms. The van der Waals surface area contributed by atoms with Crippen LogP contribution in [0.1, 0.15) is 21.5 Å². The number of likely N-dealkylation sites (N-methyl/N-ethyl adjacent to an activating group) is 1. The first-order chi connectivity index (χ1) is 16.2. The van der Waals surface area contributed by atoms with Gasteiger partial charge in [-0.2, -0.15) is 4.31 Å². The maximum atomic E-state index is 13.7. The van der Waals surface area contributed by atoms with Crippen LogP contribution in [0.4, 0.5) is 4.39 Å². The number of carboxylic acid groups (broad SMARTS) is 1. The van der Waals surface area contributed by atoms with Crippen molar-refractivity contribution in [2.45, 2.75) is 11.5 Å². The maximum Gasteiger partial charge on any atom is 0.318 e. The fourth-order valence-corrected chi connectivity index (χ4v) is 4.09. The van der Waals surface area contributed by atoms with E-state index in [0.29, 0.717) is 11.3 Å². The van der Waals surface area contributed by atoms with Crippen molar-refractivity contribution < 1.29 is 32.2 Å². The van der Waals surface area contributed by atoms with Gasteiger partial charge in [0, 0.05) is 18.2 Å². The molecule has 0 fully saturated rings. The molecule has 0 spiro atoms. The fourth-order valence-electron chi connectivity index (χ4n) is 2.97. The van der Waals surface area contributed by atoms with Crippen LogP contribution in [0.3, 0.4) is 0 Å². The van der Waals surface area contributed by atoms with Gasteiger partial charge in [0.1, 0.15) is 24.7 Å². The molecule has 3 rings (SSSR count). The minimum atomic E-state index is -3.97. The van der Waals surface area contributed by atoms with Crippen molar-refractivity contribution >= 4 is 27.9 Å². The number of carbonyl (C=O) groups is 2. The zero-order chi connectivity index (χ0) is 24.7. The Balaban J connectivity index is 1.61. The number of ketones is 1. The van der Waals surface area contributed by atoms with Crippen molar-refractivity contribution in [1.29, 1.82) is 0 Å². The summed E-state index contributed by atoms with van der Waals surface area (Å²) in [6.45, 7) is -0.573. The molecular formula is C25H22FNO6S. The van der Waals surface area contributed by atoms with E-state index in [1.807, 2.05) is 0 Å². The molecule has 0 amide bonds. The smallest absolute Gasteiger partial charge is 0.318 e. The van der Waals surface area contributed by atoms with Crippen LogP contribution < -0.4 is 4.74 Å². The lowest BCUT2D eigenvalue weighted by Gasteiger charge is -2.14. The minimum absolute atomic E-state index is 0.0954. The van der Waals surface area contributed by atoms with Crippen LogP contribution in [-0.4, -0.2) is 43.2 Å². The molecule has 0 aliphatic carbocycles. The Hall–Kier alpha value is -3.82. The highest BCUT2D eigenvalue weighted by Crippen LogP contribution is 2.18. The number of allylic oxidation sites excluding steroid dienone is 1. The lowest BCUT2D eigenvalue weighted by Crippen LogP contribution is -2.32. The third kappa shape index (κ3) is 6.37. The first-order valence-corrected chi connectivity index (χ1v) is 11.6. The standard InChI is InChI=1S/C25H22FNO6S/c1-27(16-25(29)30)34(31,32)22-13-9-19(10-14-22)24(28)15-8-18-6-11-21(12-7-18)33-17-20-4-2-3-5-23(20)26/h2-15H,16-17H2,1H3,(H,29,30)/b15-8+. The molecule has 0 saturated carbocycles. The summed E-state index contributed by atoms with van der Waals surface area (Å²) in [7, 11) is -2.80. The van der Waals surface area contributed by atoms with E-state index in [-0.39, 0.29) is 28.7 Å². The van der Waals surface area contributed by atoms with Crippen LogP contribution >= 0.6 is 0 Å². The molecule has 1 N–H and O–H groups in total. The van der Waals surface area contributed by atoms with E-state index in [1.54, 1.807) is 48.5 Å². The van der Waals surface area contributed by atoms with E-state index >= 15 is 0 Å². The molecule has 0 heterocycles. The number of nitrogens with zero attached hydrogens (tertiary/aromatic N) is 1. The van der Waals surface area contributed by atoms with E-state index in [4.69, 9.17) is 9.84 Å². The van der Waals surface area contributed by atoms with Crippen LogP contribution in [-0.2, 0) is 21.4 Å². The third-order valence-electron chi connectivity index (χ3n) is 4.86. The summed E-state index contributed by atoms with van der Waals surface area (Å²) in [4.78, 5) is 23.1. The zero-order valence-electron chi connectivity index (χ0n) is 18.2. The Morgan fingerprint density at radius 2 is 1.65 bits per heavy atom. The Morgan fingerprint density at radius 3 is 2.26 bits per heavy atom. The molecule has 0 atom stereocenters. The number of carboxylic acids is 1. The van der Waals surface area contributed by atoms with Crippen molar-refractivity contribution in [2.24, 2.45) is 0 Å². The number of carbonyl (C=O) groups excluding carboxylic acids is 1. The van der Waals surface area contributed by atoms with Gasteiger partial charge in [-0.1, -0.05) is 36.4 Å². The van der Waals surface area contributed by atoms with Crippen LogP contribution in [0, 0.1) is 5.82 Å². The highest BCUT2D eigenvalue weighted by molar-refractivity contribution is 7.89. The highest BCUT2D eigenvalue weighted by Gasteiger charge is 2.22. The second-order valence-corrected chi connectivity index (χ2v) is 9.37. The molecule has 0 aliphatic heterocycles. The van der Waals surface area contributed by atoms with Gasteiger partial charge in [-0.3, -0.25) is 9.59 Å². The normalized spacial score (nSPS) is 11.6. The van der Waals surface area contributed by atoms with Gasteiger partial charge in [0.25, 0.3) is 0 Å². The molecule has 0 aliphatic rings. The SMILES string of the molecule is CN(CC(=O)O)S(=O)(=O)c1ccc(C(=O)/C=C/c2ccc(OCc3ccccc3F)cc2)cc1. The predicted molar refractivity (Wildman–Crippen MR) is 124 cm³/mol. The molecular weight excluding hydrogens is 461 g/mol. The van der Waals surface area contributed by atoms with Gasteiger partial charge in [0.2, 0.25) is 10.0 Å². The summed E-state index contributed by atoms with van der Waals surface area (Å²) in [6.07, 6.45) is 2.96. The number of hydrogen-bond acceptors (Lipinski definition) is 5. The first kappa shape index (κ1) is 24.8. The Kier molecular flexibility index (Phi) is 7.93. The Bertz CT molecular complexity index is 1300. The second-order valence-electron chi connectivity index (χ2n) is 7.33. The second kappa shape index (κ2) is 10.9. The van der Waals surface area contributed by atoms with Crippen LogP contribution in [0.5, 0.6) is 5.75 Å². The average molecular weight is 484 g/mol. The molecule has 3 aromatic rings. The number of sulfonamides is 1. The molecule has 3 aromatic carbocycles. The summed E-state index contributed by atoms with van der Waals surface area (Å²) in [6, 6.07) is 18.5. The lowest BCUT2D eigenvalue weighted by atomic mass is 10.1. The summed E-state index contributed by atoms with van der Waals surface area (Å²) in [5.74, 6) is -1.38. The molecule has 0 radical (unpaired) electrons. The molecule has 0 bridgehead atoms. The number of aliphatic carboxylic acids is 1. The number of hydrogen-bond donors (Lipinski definition) is 1. The quantitative estimate of drug-likeness (QED) is 0.346. The van der Waals surface area contributed by atoms with Crippen LogP contribution in [0.15, 0.2) is 83.8 Å². The van der Waals surface area contributed by atoms with Gasteiger partial charge >= 0.3 is 5.97 Å². The highest BCUT2D eigenvalue weighted by atomic mass is 32.2. The molecule has 176 valence electrons. The Labute approximate surface area is 196 Å². The summed E-state index contributed by atoms with van der Waals surface area (Å²) >= 11 is 0. The number of benzene rings is 3. The van der Waals surface area contributed by atoms with Gasteiger partial charge < -0.3 is 9.84 Å². The van der Waals surface area contributed by atoms with Gasteiger partial charge in [-0.05, 0) is 54.1 Å². The first-order valence-electron chi connectivity index (χ1n) is 10.1. The largest absolute Gasteiger partial charge is 0.489 e. The predicted octanol–water partition coefficient (Wildman–Crippen LogP) is 4.01. The minimum Gasteiger partial charge on any atom is -0.489 e. The van der Waals surface area contributed by atoms with Crippen molar-refractivity contribution in [1.82, 2.24) is 4.31 Å². The monoisotopic (exact) mass is 483 g/mol. The van der Waals surface area contributed by atoms with Gasteiger partial charge in [0.05, 0.1) is 4.90 Å². The van der Waals surface area contributed by atoms with E-state index in [0.717, 1.165) is 9.87 Å². The van der Waals surface area contributed by atoms with Crippen molar-refractivity contribution in [3.63, 3.8) is 0 Å². The van der Waals surface area contributed by atoms with Gasteiger partial charge in [-0.25, -0.2) is 12.8 Å². The molecule has 7 nitrogen and oxygen atoms in total. The summed E-state index contributed by atoms with van der Waals surface area (Å²) in [5, 5.41) is 8.78. The third-order valence-corrected chi connectivity index (χ3v) is 6.68. The van der Waals surface area contributed by atoms with E-state index in [9.17, 15) is 22.4 Å². The Morgan fingerprint density at radius 1 is 1.00 bits per heavy atom. The number of halogens is 1. The summed E-state index contributed by atoms with van der Waals surface area (Å²) < 4.78 is 44.7. The van der Waals surface area contributed by atoms with Crippen molar-refractivity contribution in [3.8, 4) is 5.75 Å².